The van der Waals surface area contributed by atoms with Crippen molar-refractivity contribution in [3.8, 4) is 0 Å². The Morgan fingerprint density at radius 2 is 0.890 bits per heavy atom. The highest BCUT2D eigenvalue weighted by Gasteiger charge is 2.20. The smallest absolute Gasteiger partial charge is 0.373 e. The van der Waals surface area contributed by atoms with Crippen LogP contribution in [0, 0.1) is 11.8 Å². The van der Waals surface area contributed by atoms with Gasteiger partial charge in [0.25, 0.3) is 11.5 Å². The summed E-state index contributed by atoms with van der Waals surface area (Å²) < 4.78 is 0. The van der Waals surface area contributed by atoms with E-state index in [-0.39, 0.29) is 159 Å². The molecular formula is C75H107N17O24S2. The van der Waals surface area contributed by atoms with Crippen molar-refractivity contribution in [2.24, 2.45) is 11.8 Å². The van der Waals surface area contributed by atoms with Gasteiger partial charge in [-0.25, -0.2) is 20.2 Å². The van der Waals surface area contributed by atoms with Crippen molar-refractivity contribution in [3.63, 3.8) is 0 Å². The molecule has 0 aliphatic carbocycles. The number of fused-ring (bicyclic) bond motifs is 1. The number of aromatic amines is 1. The molecule has 648 valence electrons. The monoisotopic (exact) mass is 1690 g/mol. The number of carbonyl (C=O) groups is 10. The Labute approximate surface area is 691 Å². The molecule has 2 aromatic heterocycles. The highest BCUT2D eigenvalue weighted by molar-refractivity contribution is 7.80. The Bertz CT molecular complexity index is 3910. The van der Waals surface area contributed by atoms with E-state index in [1.807, 2.05) is 38.1 Å². The van der Waals surface area contributed by atoms with E-state index < -0.39 is 23.3 Å². The summed E-state index contributed by atoms with van der Waals surface area (Å²) in [4.78, 5) is 223. The fourth-order valence-electron chi connectivity index (χ4n) is 9.81. The van der Waals surface area contributed by atoms with E-state index in [9.17, 15) is 68.4 Å². The van der Waals surface area contributed by atoms with E-state index in [4.69, 9.17) is 78.1 Å². The number of amides is 8. The molecule has 0 spiro atoms. The van der Waals surface area contributed by atoms with E-state index in [0.717, 1.165) is 49.2 Å². The van der Waals surface area contributed by atoms with Crippen molar-refractivity contribution in [1.29, 1.82) is 0 Å². The first kappa shape index (κ1) is 110. The topological polar surface area (TPSA) is 617 Å². The van der Waals surface area contributed by atoms with Crippen molar-refractivity contribution < 1.29 is 112 Å². The number of hydroxylamine groups is 6. The second-order valence-electron chi connectivity index (χ2n) is 25.7. The van der Waals surface area contributed by atoms with E-state index in [2.05, 4.69) is 68.1 Å². The quantitative estimate of drug-likeness (QED) is 0.0130. The number of nitrogens with two attached hydrogens (primary N) is 1. The standard InChI is InChI=1S/C44H74N10O10S2.C26H33N7O4.5CO2/c1-33(32-34(2)55)42(61)47-26-8-4-9-27-48-43(65)50-36-16-18-37(19-17-36)51-44(66)49-28-12-7-15-31-54(64)41(60)23-21-39(58)46-25-11-6-14-30-53(63)40(59)22-20-38(57)45-24-10-5-13-29-52(62)35(3)56;1-15(2)31-24(35)16(3)11-20(34)5-4-10-28-25(36)17-6-8-18(9-7-17)29-13-19-14-30-21-12-22(27)33-26(37)23(21)32-19;5*2-1-3/h16-19,33,62-64H,4-15,20-32H2,1-3H3,(H,45,57)(H,46,58)(H,47,61)(H2,48,50,65)(H2,49,51,66);6-9,12,14-16,29H,4-5,10-11,13H2,1-3H3,(H,28,36)(H,31,35)(H3,27,33,37);;;;;/t33-;16-;;;;;/m11...../s1. The van der Waals surface area contributed by atoms with Crippen molar-refractivity contribution in [1.82, 2.24) is 67.4 Å². The zero-order chi connectivity index (χ0) is 89.6. The molecule has 8 amide bonds. The van der Waals surface area contributed by atoms with Gasteiger partial charge in [-0.1, -0.05) is 13.8 Å². The zero-order valence-corrected chi connectivity index (χ0v) is 68.4. The van der Waals surface area contributed by atoms with Crippen LogP contribution in [-0.2, 0) is 97.6 Å². The lowest BCUT2D eigenvalue weighted by molar-refractivity contribution is -0.193. The molecule has 2 aromatic carbocycles. The summed E-state index contributed by atoms with van der Waals surface area (Å²) in [5, 5.41) is 62.0. The Hall–Kier alpha value is -12.4. The van der Waals surface area contributed by atoms with Crippen LogP contribution < -0.4 is 64.5 Å². The Morgan fingerprint density at radius 1 is 0.492 bits per heavy atom. The summed E-state index contributed by atoms with van der Waals surface area (Å²) in [7, 11) is 0. The summed E-state index contributed by atoms with van der Waals surface area (Å²) in [5.41, 5.74) is 9.32. The summed E-state index contributed by atoms with van der Waals surface area (Å²) in [6.07, 6.45) is 12.0. The first-order valence-corrected chi connectivity index (χ1v) is 38.0. The van der Waals surface area contributed by atoms with Crippen LogP contribution in [0.15, 0.2) is 65.6 Å². The lowest BCUT2D eigenvalue weighted by Gasteiger charge is -2.15. The minimum Gasteiger partial charge on any atom is -0.385 e. The maximum atomic E-state index is 12.4. The number of hydrogen-bond donors (Lipinski definition) is 15. The van der Waals surface area contributed by atoms with Crippen molar-refractivity contribution in [2.75, 3.05) is 80.6 Å². The fourth-order valence-corrected chi connectivity index (χ4v) is 10.2. The van der Waals surface area contributed by atoms with Crippen LogP contribution in [0.1, 0.15) is 186 Å². The molecule has 16 N–H and O–H groups in total. The molecule has 0 fully saturated rings. The first-order valence-electron chi connectivity index (χ1n) is 37.2. The van der Waals surface area contributed by atoms with Crippen LogP contribution in [0.3, 0.4) is 0 Å². The third-order valence-corrected chi connectivity index (χ3v) is 16.1. The Morgan fingerprint density at radius 3 is 1.32 bits per heavy atom. The molecule has 41 nitrogen and oxygen atoms in total. The van der Waals surface area contributed by atoms with Gasteiger partial charge in [0.15, 0.2) is 15.7 Å². The molecule has 0 bridgehead atoms. The van der Waals surface area contributed by atoms with Gasteiger partial charge in [0.1, 0.15) is 17.4 Å². The number of nitrogens with zero attached hydrogens (tertiary/aromatic N) is 5. The number of pyridine rings is 1. The molecule has 0 aliphatic heterocycles. The number of carbonyl (C=O) groups excluding carboxylic acids is 20. The second-order valence-corrected chi connectivity index (χ2v) is 26.5. The van der Waals surface area contributed by atoms with E-state index >= 15 is 0 Å². The van der Waals surface area contributed by atoms with E-state index in [1.54, 1.807) is 50.4 Å². The number of thiocarbonyl (C=S) groups is 2. The predicted octanol–water partition coefficient (Wildman–Crippen LogP) is 3.36. The average Bonchev–Trinajstić information content (AvgIpc) is 0.810. The number of nitrogen functional groups attached to an aromatic ring is 1. The van der Waals surface area contributed by atoms with Crippen LogP contribution in [0.4, 0.5) is 22.9 Å². The van der Waals surface area contributed by atoms with Gasteiger partial charge in [0.2, 0.25) is 41.4 Å². The first-order chi connectivity index (χ1) is 56.2. The average molecular weight is 1690 g/mol. The summed E-state index contributed by atoms with van der Waals surface area (Å²) in [6, 6.07) is 16.0. The largest absolute Gasteiger partial charge is 0.385 e. The van der Waals surface area contributed by atoms with Crippen LogP contribution >= 0.6 is 24.4 Å². The summed E-state index contributed by atoms with van der Waals surface area (Å²) in [5.74, 6) is -3.06. The van der Waals surface area contributed by atoms with Gasteiger partial charge in [-0.3, -0.25) is 68.6 Å². The molecule has 0 aliphatic rings. The number of nitrogens with one attached hydrogen (secondary N) is 11. The normalized spacial score (nSPS) is 10.2. The number of anilines is 4. The molecule has 4 rings (SSSR count). The molecule has 0 saturated heterocycles. The van der Waals surface area contributed by atoms with Crippen LogP contribution in [-0.4, -0.2) is 211 Å². The maximum Gasteiger partial charge on any atom is 0.373 e. The van der Waals surface area contributed by atoms with Gasteiger partial charge < -0.3 is 68.7 Å². The molecule has 2 atom stereocenters. The predicted molar refractivity (Wildman–Crippen MR) is 425 cm³/mol. The molecule has 0 unspecified atom stereocenters. The van der Waals surface area contributed by atoms with Crippen molar-refractivity contribution in [2.45, 2.75) is 183 Å². The number of hydrogen-bond acceptors (Lipinski definition) is 30. The van der Waals surface area contributed by atoms with Gasteiger partial charge in [-0.05, 0) is 177 Å². The Balaban J connectivity index is -0.00000211. The van der Waals surface area contributed by atoms with Gasteiger partial charge in [0, 0.05) is 157 Å². The van der Waals surface area contributed by atoms with Crippen LogP contribution in [0.25, 0.3) is 11.0 Å². The molecule has 118 heavy (non-hydrogen) atoms. The number of aromatic nitrogens is 3. The number of Topliss-reactive ketones (excluding diaryl/α,β-unsaturated/α-hetero) is 2. The number of H-pyrrole nitrogens is 1. The third kappa shape index (κ3) is 59.3. The Kier molecular flexibility index (Phi) is 65.1. The molecule has 0 saturated carbocycles. The summed E-state index contributed by atoms with van der Waals surface area (Å²) in [6.45, 7) is 13.8. The molecule has 4 aromatic rings. The highest BCUT2D eigenvalue weighted by atomic mass is 32.1. The third-order valence-electron chi connectivity index (χ3n) is 15.6. The SMILES string of the molecule is CC(=O)C[C@@H](C)C(=O)NCCCCCNC(=S)Nc1ccc(NC(=S)NCCCCCN(O)C(=O)CCC(=O)NCCCCCN(O)C(=O)CCC(=O)NCCCCCN(O)C(C)=O)cc1.CC(C)NC(=O)[C@H](C)CC(=O)CCCNC(=O)c1ccc(NCc2cnc3cc(N)[nH]c(=O)c3n2)cc1.O=C=O.O=C=O.O=C=O.O=C=O.O=C=O. The second kappa shape index (κ2) is 70.0. The minimum absolute atomic E-state index is 0.000855. The maximum absolute atomic E-state index is 12.4. The molecular weight excluding hydrogens is 1590 g/mol. The fraction of sp³-hybridized carbons (Fsp3) is 0.520. The number of ketones is 2. The van der Waals surface area contributed by atoms with E-state index in [1.165, 1.54) is 13.8 Å². The van der Waals surface area contributed by atoms with Crippen LogP contribution in [0.5, 0.6) is 0 Å². The molecule has 43 heteroatoms. The highest BCUT2D eigenvalue weighted by Crippen LogP contribution is 2.16. The molecule has 2 heterocycles. The van der Waals surface area contributed by atoms with Gasteiger partial charge in [-0.15, -0.1) is 0 Å². The molecule has 0 radical (unpaired) electrons. The van der Waals surface area contributed by atoms with Gasteiger partial charge in [-0.2, -0.15) is 47.9 Å². The zero-order valence-electron chi connectivity index (χ0n) is 66.8. The van der Waals surface area contributed by atoms with Gasteiger partial charge >= 0.3 is 30.8 Å². The van der Waals surface area contributed by atoms with Crippen LogP contribution in [0.2, 0.25) is 0 Å². The summed E-state index contributed by atoms with van der Waals surface area (Å²) >= 11 is 10.8. The van der Waals surface area contributed by atoms with Crippen molar-refractivity contribution in [3.05, 3.63) is 82.4 Å². The van der Waals surface area contributed by atoms with Crippen molar-refractivity contribution >= 4 is 158 Å². The number of benzene rings is 2. The van der Waals surface area contributed by atoms with Gasteiger partial charge in [0.05, 0.1) is 24.0 Å². The minimum atomic E-state index is -0.566. The lowest BCUT2D eigenvalue weighted by Crippen LogP contribution is -2.35. The number of rotatable bonds is 47. The number of unbranched alkanes of at least 4 members (excludes halogenated alkanes) is 8. The van der Waals surface area contributed by atoms with E-state index in [0.29, 0.717) is 146 Å². The lowest BCUT2D eigenvalue weighted by atomic mass is 10.0.